The van der Waals surface area contributed by atoms with Crippen LogP contribution in [0.15, 0.2) is 0 Å². The molecule has 0 aromatic heterocycles. The summed E-state index contributed by atoms with van der Waals surface area (Å²) in [6, 6.07) is 0. The molecule has 0 aromatic carbocycles. The molecule has 0 aliphatic carbocycles. The van der Waals surface area contributed by atoms with Crippen LogP contribution < -0.4 is 0 Å². The third kappa shape index (κ3) is 37.7. The summed E-state index contributed by atoms with van der Waals surface area (Å²) >= 11 is 0. The first-order valence-corrected chi connectivity index (χ1v) is 21.3. The number of unbranched alkanes of at least 4 members (excludes halogenated alkanes) is 25. The Labute approximate surface area is 299 Å². The maximum Gasteiger partial charge on any atom is 0.305 e. The first-order chi connectivity index (χ1) is 23.3. The van der Waals surface area contributed by atoms with E-state index >= 15 is 0 Å². The Morgan fingerprint density at radius 2 is 0.708 bits per heavy atom. The highest BCUT2D eigenvalue weighted by Gasteiger charge is 2.12. The Kier molecular flexibility index (Phi) is 36.3. The number of rotatable bonds is 38. The van der Waals surface area contributed by atoms with E-state index in [1.165, 1.54) is 161 Å². The number of esters is 2. The number of hydrogen-bond acceptors (Lipinski definition) is 5. The maximum atomic E-state index is 12.0. The zero-order valence-electron chi connectivity index (χ0n) is 32.9. The molecule has 0 saturated heterocycles. The molecular weight excluding hydrogens is 596 g/mol. The summed E-state index contributed by atoms with van der Waals surface area (Å²) in [5, 5.41) is 10.0. The van der Waals surface area contributed by atoms with Gasteiger partial charge in [-0.1, -0.05) is 207 Å². The molecular formula is C43H84O5. The van der Waals surface area contributed by atoms with E-state index in [0.29, 0.717) is 12.8 Å². The predicted molar refractivity (Wildman–Crippen MR) is 205 cm³/mol. The van der Waals surface area contributed by atoms with Gasteiger partial charge in [-0.05, 0) is 24.7 Å². The fourth-order valence-electron chi connectivity index (χ4n) is 6.42. The van der Waals surface area contributed by atoms with E-state index in [1.54, 1.807) is 0 Å². The topological polar surface area (TPSA) is 72.8 Å². The standard InChI is InChI=1S/C43H84O5/c1-5-40(4)34-30-26-22-18-14-12-10-8-6-7-9-11-13-15-19-23-27-31-35-42(45)47-37-41(44)38-48-43(46)36-32-28-24-20-16-17-21-25-29-33-39(2)3/h39-41,44H,5-38H2,1-4H3/t40?,41-/m0/s1. The van der Waals surface area contributed by atoms with Gasteiger partial charge in [0.1, 0.15) is 19.3 Å². The molecule has 0 amide bonds. The van der Waals surface area contributed by atoms with E-state index in [1.807, 2.05) is 0 Å². The molecule has 0 rings (SSSR count). The summed E-state index contributed by atoms with van der Waals surface area (Å²) in [7, 11) is 0. The normalized spacial score (nSPS) is 12.8. The van der Waals surface area contributed by atoms with Gasteiger partial charge in [0.15, 0.2) is 0 Å². The van der Waals surface area contributed by atoms with Crippen molar-refractivity contribution >= 4 is 11.9 Å². The molecule has 0 saturated carbocycles. The Balaban J connectivity index is 3.35. The molecule has 5 heteroatoms. The van der Waals surface area contributed by atoms with Crippen LogP contribution in [0, 0.1) is 11.8 Å². The van der Waals surface area contributed by atoms with Crippen molar-refractivity contribution in [1.29, 1.82) is 0 Å². The number of hydrogen-bond donors (Lipinski definition) is 1. The number of aliphatic hydroxyl groups is 1. The minimum absolute atomic E-state index is 0.109. The van der Waals surface area contributed by atoms with Gasteiger partial charge in [-0.3, -0.25) is 9.59 Å². The van der Waals surface area contributed by atoms with Crippen LogP contribution in [-0.2, 0) is 19.1 Å². The monoisotopic (exact) mass is 681 g/mol. The van der Waals surface area contributed by atoms with Crippen molar-refractivity contribution in [3.05, 3.63) is 0 Å². The van der Waals surface area contributed by atoms with E-state index < -0.39 is 6.10 Å². The van der Waals surface area contributed by atoms with E-state index in [4.69, 9.17) is 9.47 Å². The third-order valence-electron chi connectivity index (χ3n) is 10.1. The summed E-state index contributed by atoms with van der Waals surface area (Å²) in [5.41, 5.74) is 0. The van der Waals surface area contributed by atoms with Gasteiger partial charge >= 0.3 is 11.9 Å². The molecule has 0 aliphatic heterocycles. The van der Waals surface area contributed by atoms with Crippen molar-refractivity contribution < 1.29 is 24.2 Å². The lowest BCUT2D eigenvalue weighted by Gasteiger charge is -2.12. The quantitative estimate of drug-likeness (QED) is 0.0519. The molecule has 0 aliphatic rings. The molecule has 1 N–H and O–H groups in total. The van der Waals surface area contributed by atoms with Crippen molar-refractivity contribution in [3.8, 4) is 0 Å². The smallest absolute Gasteiger partial charge is 0.305 e. The summed E-state index contributed by atoms with van der Waals surface area (Å²) < 4.78 is 10.3. The second kappa shape index (κ2) is 37.2. The Bertz CT molecular complexity index is 678. The highest BCUT2D eigenvalue weighted by Crippen LogP contribution is 2.17. The summed E-state index contributed by atoms with van der Waals surface area (Å²) in [4.78, 5) is 23.9. The Morgan fingerprint density at radius 1 is 0.438 bits per heavy atom. The molecule has 2 atom stereocenters. The van der Waals surface area contributed by atoms with Gasteiger partial charge in [-0.25, -0.2) is 0 Å². The van der Waals surface area contributed by atoms with E-state index in [-0.39, 0.29) is 25.2 Å². The summed E-state index contributed by atoms with van der Waals surface area (Å²) in [6.45, 7) is 9.05. The van der Waals surface area contributed by atoms with Gasteiger partial charge in [0.2, 0.25) is 0 Å². The van der Waals surface area contributed by atoms with E-state index in [9.17, 15) is 14.7 Å². The lowest BCUT2D eigenvalue weighted by atomic mass is 9.99. The van der Waals surface area contributed by atoms with Gasteiger partial charge in [0, 0.05) is 12.8 Å². The zero-order valence-corrected chi connectivity index (χ0v) is 32.9. The molecule has 0 bridgehead atoms. The van der Waals surface area contributed by atoms with Crippen LogP contribution in [0.3, 0.4) is 0 Å². The molecule has 48 heavy (non-hydrogen) atoms. The minimum Gasteiger partial charge on any atom is -0.463 e. The van der Waals surface area contributed by atoms with Crippen LogP contribution in [0.1, 0.15) is 233 Å². The van der Waals surface area contributed by atoms with Crippen molar-refractivity contribution in [1.82, 2.24) is 0 Å². The van der Waals surface area contributed by atoms with Gasteiger partial charge in [0.05, 0.1) is 0 Å². The fourth-order valence-corrected chi connectivity index (χ4v) is 6.42. The van der Waals surface area contributed by atoms with Crippen molar-refractivity contribution in [3.63, 3.8) is 0 Å². The number of carbonyl (C=O) groups is 2. The van der Waals surface area contributed by atoms with Crippen molar-refractivity contribution in [2.24, 2.45) is 11.8 Å². The second-order valence-electron chi connectivity index (χ2n) is 15.6. The number of carbonyl (C=O) groups excluding carboxylic acids is 2. The molecule has 0 heterocycles. The molecule has 1 unspecified atom stereocenters. The Morgan fingerprint density at radius 3 is 1.00 bits per heavy atom. The molecule has 0 aromatic rings. The largest absolute Gasteiger partial charge is 0.463 e. The highest BCUT2D eigenvalue weighted by molar-refractivity contribution is 5.69. The van der Waals surface area contributed by atoms with Crippen LogP contribution in [0.25, 0.3) is 0 Å². The second-order valence-corrected chi connectivity index (χ2v) is 15.6. The van der Waals surface area contributed by atoms with Gasteiger partial charge in [-0.15, -0.1) is 0 Å². The predicted octanol–water partition coefficient (Wildman–Crippen LogP) is 13.2. The van der Waals surface area contributed by atoms with Crippen LogP contribution in [0.5, 0.6) is 0 Å². The molecule has 5 nitrogen and oxygen atoms in total. The van der Waals surface area contributed by atoms with Gasteiger partial charge in [0.25, 0.3) is 0 Å². The van der Waals surface area contributed by atoms with Crippen LogP contribution >= 0.6 is 0 Å². The van der Waals surface area contributed by atoms with Gasteiger partial charge < -0.3 is 14.6 Å². The zero-order chi connectivity index (χ0) is 35.3. The molecule has 0 radical (unpaired) electrons. The van der Waals surface area contributed by atoms with Crippen molar-refractivity contribution in [2.45, 2.75) is 239 Å². The summed E-state index contributed by atoms with van der Waals surface area (Å²) in [5.74, 6) is 1.18. The third-order valence-corrected chi connectivity index (χ3v) is 10.1. The summed E-state index contributed by atoms with van der Waals surface area (Å²) in [6.07, 6.45) is 38.8. The number of ether oxygens (including phenoxy) is 2. The van der Waals surface area contributed by atoms with E-state index in [2.05, 4.69) is 27.7 Å². The minimum atomic E-state index is -0.956. The van der Waals surface area contributed by atoms with Crippen molar-refractivity contribution in [2.75, 3.05) is 13.2 Å². The first kappa shape index (κ1) is 46.9. The lowest BCUT2D eigenvalue weighted by Crippen LogP contribution is -2.25. The number of aliphatic hydroxyl groups excluding tert-OH is 1. The average Bonchev–Trinajstić information content (AvgIpc) is 3.07. The maximum absolute atomic E-state index is 12.0. The molecule has 0 spiro atoms. The van der Waals surface area contributed by atoms with E-state index in [0.717, 1.165) is 43.9 Å². The first-order valence-electron chi connectivity index (χ1n) is 21.3. The van der Waals surface area contributed by atoms with Crippen LogP contribution in [-0.4, -0.2) is 36.4 Å². The fraction of sp³-hybridized carbons (Fsp3) is 0.953. The van der Waals surface area contributed by atoms with Gasteiger partial charge in [-0.2, -0.15) is 0 Å². The average molecular weight is 681 g/mol. The molecule has 286 valence electrons. The van der Waals surface area contributed by atoms with Crippen LogP contribution in [0.4, 0.5) is 0 Å². The lowest BCUT2D eigenvalue weighted by molar-refractivity contribution is -0.152. The SMILES string of the molecule is CCC(C)CCCCCCCCCCCCCCCCCCCCC(=O)OC[C@H](O)COC(=O)CCCCCCCCCCCC(C)C. The molecule has 0 fully saturated rings. The Hall–Kier alpha value is -1.10. The van der Waals surface area contributed by atoms with Crippen LogP contribution in [0.2, 0.25) is 0 Å². The highest BCUT2D eigenvalue weighted by atomic mass is 16.6.